The lowest BCUT2D eigenvalue weighted by Crippen LogP contribution is -2.24. The molecule has 0 spiro atoms. The van der Waals surface area contributed by atoms with E-state index in [0.29, 0.717) is 0 Å². The third-order valence-electron chi connectivity index (χ3n) is 2.46. The summed E-state index contributed by atoms with van der Waals surface area (Å²) in [6.45, 7) is 0.437. The minimum Gasteiger partial charge on any atom is -0.396 e. The van der Waals surface area contributed by atoms with E-state index in [1.54, 1.807) is 0 Å². The summed E-state index contributed by atoms with van der Waals surface area (Å²) in [5.74, 6) is -4.38. The van der Waals surface area contributed by atoms with Crippen LogP contribution < -0.4 is 0 Å². The van der Waals surface area contributed by atoms with E-state index in [9.17, 15) is 17.2 Å². The van der Waals surface area contributed by atoms with Crippen molar-refractivity contribution >= 4 is 9.84 Å². The number of aliphatic hydroxyl groups is 1. The predicted molar refractivity (Wildman–Crippen MR) is 48.0 cm³/mol. The minimum absolute atomic E-state index is 0.162. The highest BCUT2D eigenvalue weighted by atomic mass is 32.2. The Hall–Kier alpha value is -0.230. The summed E-state index contributed by atoms with van der Waals surface area (Å²) in [5.41, 5.74) is 0. The second kappa shape index (κ2) is 3.73. The third kappa shape index (κ3) is 3.16. The Morgan fingerprint density at radius 1 is 1.36 bits per heavy atom. The molecular weight excluding hydrogens is 214 g/mol. The standard InChI is InChI=1S/C8H14F2O3S/c1-8(9,10)2-6-4-14(12,13)5-7(6)3-11/h6-7,11H,2-5H2,1H3. The van der Waals surface area contributed by atoms with Crippen molar-refractivity contribution in [3.05, 3.63) is 0 Å². The van der Waals surface area contributed by atoms with Crippen molar-refractivity contribution in [1.29, 1.82) is 0 Å². The molecule has 1 aliphatic rings. The first kappa shape index (κ1) is 11.8. The number of sulfone groups is 1. The van der Waals surface area contributed by atoms with Crippen molar-refractivity contribution in [1.82, 2.24) is 0 Å². The number of aliphatic hydroxyl groups excluding tert-OH is 1. The molecule has 2 unspecified atom stereocenters. The van der Waals surface area contributed by atoms with Crippen LogP contribution in [-0.4, -0.2) is 37.6 Å². The molecular formula is C8H14F2O3S. The normalized spacial score (nSPS) is 32.0. The maximum atomic E-state index is 12.7. The van der Waals surface area contributed by atoms with Gasteiger partial charge in [-0.2, -0.15) is 0 Å². The van der Waals surface area contributed by atoms with Crippen LogP contribution in [0.5, 0.6) is 0 Å². The molecule has 0 aromatic rings. The highest BCUT2D eigenvalue weighted by Crippen LogP contribution is 2.33. The Balaban J connectivity index is 2.70. The lowest BCUT2D eigenvalue weighted by Gasteiger charge is -2.19. The quantitative estimate of drug-likeness (QED) is 0.773. The van der Waals surface area contributed by atoms with Crippen LogP contribution >= 0.6 is 0 Å². The van der Waals surface area contributed by atoms with Gasteiger partial charge in [0.05, 0.1) is 11.5 Å². The molecule has 3 nitrogen and oxygen atoms in total. The zero-order chi connectivity index (χ0) is 11.0. The monoisotopic (exact) mass is 228 g/mol. The molecule has 1 N–H and O–H groups in total. The van der Waals surface area contributed by atoms with E-state index < -0.39 is 34.0 Å². The van der Waals surface area contributed by atoms with E-state index in [2.05, 4.69) is 0 Å². The van der Waals surface area contributed by atoms with Gasteiger partial charge in [-0.1, -0.05) is 0 Å². The van der Waals surface area contributed by atoms with Gasteiger partial charge in [-0.05, 0) is 18.8 Å². The number of hydrogen-bond acceptors (Lipinski definition) is 3. The van der Waals surface area contributed by atoms with Crippen LogP contribution in [0.15, 0.2) is 0 Å². The van der Waals surface area contributed by atoms with Crippen molar-refractivity contribution < 1.29 is 22.3 Å². The summed E-state index contributed by atoms with van der Waals surface area (Å²) in [6.07, 6.45) is -0.461. The maximum Gasteiger partial charge on any atom is 0.245 e. The summed E-state index contributed by atoms with van der Waals surface area (Å²) < 4.78 is 47.6. The number of hydrogen-bond donors (Lipinski definition) is 1. The van der Waals surface area contributed by atoms with Crippen LogP contribution in [0, 0.1) is 11.8 Å². The van der Waals surface area contributed by atoms with Gasteiger partial charge in [0.15, 0.2) is 9.84 Å². The van der Waals surface area contributed by atoms with Crippen molar-refractivity contribution in [3.63, 3.8) is 0 Å². The molecule has 0 aromatic carbocycles. The van der Waals surface area contributed by atoms with Gasteiger partial charge >= 0.3 is 0 Å². The topological polar surface area (TPSA) is 54.4 Å². The van der Waals surface area contributed by atoms with Gasteiger partial charge in [-0.25, -0.2) is 17.2 Å². The summed E-state index contributed by atoms with van der Waals surface area (Å²) in [6, 6.07) is 0. The Bertz CT molecular complexity index is 294. The first-order valence-corrected chi connectivity index (χ1v) is 6.25. The Morgan fingerprint density at radius 3 is 2.29 bits per heavy atom. The summed E-state index contributed by atoms with van der Waals surface area (Å²) >= 11 is 0. The van der Waals surface area contributed by atoms with Gasteiger partial charge in [0.25, 0.3) is 0 Å². The first-order chi connectivity index (χ1) is 6.23. The fraction of sp³-hybridized carbons (Fsp3) is 1.00. The van der Waals surface area contributed by atoms with Crippen LogP contribution in [-0.2, 0) is 9.84 Å². The summed E-state index contributed by atoms with van der Waals surface area (Å²) in [4.78, 5) is 0. The fourth-order valence-electron chi connectivity index (χ4n) is 1.88. The molecule has 0 saturated carbocycles. The number of halogens is 2. The molecule has 1 rings (SSSR count). The van der Waals surface area contributed by atoms with Gasteiger partial charge in [0.1, 0.15) is 0 Å². The Morgan fingerprint density at radius 2 is 1.86 bits per heavy atom. The van der Waals surface area contributed by atoms with Crippen LogP contribution in [0.1, 0.15) is 13.3 Å². The highest BCUT2D eigenvalue weighted by Gasteiger charge is 2.41. The molecule has 0 aliphatic carbocycles. The third-order valence-corrected chi connectivity index (χ3v) is 4.33. The van der Waals surface area contributed by atoms with Crippen LogP contribution in [0.4, 0.5) is 8.78 Å². The zero-order valence-electron chi connectivity index (χ0n) is 7.91. The molecule has 0 radical (unpaired) electrons. The lowest BCUT2D eigenvalue weighted by molar-refractivity contribution is -0.00947. The largest absolute Gasteiger partial charge is 0.396 e. The molecule has 0 amide bonds. The van der Waals surface area contributed by atoms with Gasteiger partial charge in [0.2, 0.25) is 5.92 Å². The van der Waals surface area contributed by atoms with Crippen molar-refractivity contribution in [2.24, 2.45) is 11.8 Å². The fourth-order valence-corrected chi connectivity index (χ4v) is 4.09. The van der Waals surface area contributed by atoms with Gasteiger partial charge in [-0.15, -0.1) is 0 Å². The van der Waals surface area contributed by atoms with Crippen molar-refractivity contribution in [2.45, 2.75) is 19.3 Å². The SMILES string of the molecule is CC(F)(F)CC1CS(=O)(=O)CC1CO. The Kier molecular flexibility index (Phi) is 3.16. The molecule has 6 heteroatoms. The van der Waals surface area contributed by atoms with Crippen LogP contribution in [0.2, 0.25) is 0 Å². The maximum absolute atomic E-state index is 12.7. The van der Waals surface area contributed by atoms with E-state index >= 15 is 0 Å². The smallest absolute Gasteiger partial charge is 0.245 e. The molecule has 0 bridgehead atoms. The highest BCUT2D eigenvalue weighted by molar-refractivity contribution is 7.91. The number of alkyl halides is 2. The van der Waals surface area contributed by atoms with E-state index in [4.69, 9.17) is 5.11 Å². The van der Waals surface area contributed by atoms with Crippen LogP contribution in [0.25, 0.3) is 0 Å². The summed E-state index contributed by atoms with van der Waals surface area (Å²) in [7, 11) is -3.22. The average molecular weight is 228 g/mol. The van der Waals surface area contributed by atoms with Gasteiger partial charge in [-0.3, -0.25) is 0 Å². The molecule has 1 saturated heterocycles. The Labute approximate surface area is 82.0 Å². The summed E-state index contributed by atoms with van der Waals surface area (Å²) in [5, 5.41) is 8.86. The molecule has 2 atom stereocenters. The molecule has 0 aromatic heterocycles. The second-order valence-corrected chi connectivity index (χ2v) is 6.21. The first-order valence-electron chi connectivity index (χ1n) is 4.42. The van der Waals surface area contributed by atoms with E-state index in [-0.39, 0.29) is 18.1 Å². The van der Waals surface area contributed by atoms with E-state index in [1.807, 2.05) is 0 Å². The molecule has 1 fully saturated rings. The van der Waals surface area contributed by atoms with E-state index in [0.717, 1.165) is 6.92 Å². The molecule has 84 valence electrons. The van der Waals surface area contributed by atoms with E-state index in [1.165, 1.54) is 0 Å². The van der Waals surface area contributed by atoms with Crippen molar-refractivity contribution in [3.8, 4) is 0 Å². The van der Waals surface area contributed by atoms with Gasteiger partial charge < -0.3 is 5.11 Å². The minimum atomic E-state index is -3.22. The lowest BCUT2D eigenvalue weighted by atomic mass is 9.91. The van der Waals surface area contributed by atoms with Gasteiger partial charge in [0, 0.05) is 13.0 Å². The molecule has 1 heterocycles. The average Bonchev–Trinajstić information content (AvgIpc) is 2.21. The van der Waals surface area contributed by atoms with Crippen LogP contribution in [0.3, 0.4) is 0 Å². The second-order valence-electron chi connectivity index (χ2n) is 4.05. The van der Waals surface area contributed by atoms with Crippen molar-refractivity contribution in [2.75, 3.05) is 18.1 Å². The zero-order valence-corrected chi connectivity index (χ0v) is 8.73. The number of rotatable bonds is 3. The predicted octanol–water partition coefficient (Wildman–Crippen LogP) is 0.685. The molecule has 1 aliphatic heterocycles. The molecule has 14 heavy (non-hydrogen) atoms.